The van der Waals surface area contributed by atoms with Gasteiger partial charge in [-0.2, -0.15) is 4.31 Å². The maximum Gasteiger partial charge on any atom is 0.338 e. The molecule has 8 heteroatoms. The highest BCUT2D eigenvalue weighted by molar-refractivity contribution is 7.89. The van der Waals surface area contributed by atoms with Crippen LogP contribution in [0.15, 0.2) is 53.4 Å². The fourth-order valence-electron chi connectivity index (χ4n) is 3.19. The van der Waals surface area contributed by atoms with Gasteiger partial charge in [-0.3, -0.25) is 4.79 Å². The van der Waals surface area contributed by atoms with Crippen LogP contribution in [-0.2, 0) is 14.8 Å². The van der Waals surface area contributed by atoms with E-state index < -0.39 is 32.8 Å². The molecule has 0 amide bonds. The van der Waals surface area contributed by atoms with Crippen molar-refractivity contribution in [2.45, 2.75) is 37.2 Å². The number of carbonyl (C=O) groups is 2. The van der Waals surface area contributed by atoms with Crippen LogP contribution in [0.2, 0.25) is 0 Å². The van der Waals surface area contributed by atoms with E-state index in [1.807, 2.05) is 0 Å². The summed E-state index contributed by atoms with van der Waals surface area (Å²) in [7, 11) is -4.05. The molecule has 1 unspecified atom stereocenters. The van der Waals surface area contributed by atoms with Crippen LogP contribution in [-0.4, -0.2) is 43.7 Å². The van der Waals surface area contributed by atoms with Crippen molar-refractivity contribution >= 4 is 21.8 Å². The van der Waals surface area contributed by atoms with Crippen molar-refractivity contribution in [1.82, 2.24) is 4.31 Å². The Hall–Kier alpha value is -2.58. The van der Waals surface area contributed by atoms with Gasteiger partial charge in [0, 0.05) is 18.7 Å². The van der Waals surface area contributed by atoms with E-state index in [1.165, 1.54) is 11.2 Å². The monoisotopic (exact) mass is 419 g/mol. The summed E-state index contributed by atoms with van der Waals surface area (Å²) < 4.78 is 46.3. The zero-order chi connectivity index (χ0) is 21.0. The molecule has 29 heavy (non-hydrogen) atoms. The minimum Gasteiger partial charge on any atom is -0.451 e. The highest BCUT2D eigenvalue weighted by atomic mass is 32.2. The second-order valence-electron chi connectivity index (χ2n) is 6.89. The summed E-state index contributed by atoms with van der Waals surface area (Å²) in [6.45, 7) is 2.07. The van der Waals surface area contributed by atoms with Crippen molar-refractivity contribution in [2.75, 3.05) is 13.1 Å². The molecule has 0 radical (unpaired) electrons. The Morgan fingerprint density at radius 3 is 2.31 bits per heavy atom. The Balaban J connectivity index is 1.80. The number of piperidine rings is 1. The first-order valence-electron chi connectivity index (χ1n) is 9.40. The van der Waals surface area contributed by atoms with E-state index in [9.17, 15) is 22.4 Å². The smallest absolute Gasteiger partial charge is 0.338 e. The van der Waals surface area contributed by atoms with Crippen molar-refractivity contribution in [1.29, 1.82) is 0 Å². The van der Waals surface area contributed by atoms with Crippen LogP contribution >= 0.6 is 0 Å². The number of carbonyl (C=O) groups excluding carboxylic acids is 2. The standard InChI is InChI=1S/C21H22FNO5S/c1-15(20(24)16-8-4-2-5-9-16)28-21(25)17-10-11-18(22)19(14-17)29(26,27)23-12-6-3-7-13-23/h2,4-5,8-11,14-15H,3,6-7,12-13H2,1H3. The van der Waals surface area contributed by atoms with Crippen molar-refractivity contribution in [3.63, 3.8) is 0 Å². The lowest BCUT2D eigenvalue weighted by molar-refractivity contribution is 0.0318. The number of nitrogens with zero attached hydrogens (tertiary/aromatic N) is 1. The zero-order valence-electron chi connectivity index (χ0n) is 16.0. The molecule has 3 rings (SSSR count). The Bertz CT molecular complexity index is 1000. The number of rotatable bonds is 6. The van der Waals surface area contributed by atoms with Crippen molar-refractivity contribution < 1.29 is 27.1 Å². The molecule has 1 aliphatic rings. The highest BCUT2D eigenvalue weighted by Gasteiger charge is 2.30. The molecule has 1 aliphatic heterocycles. The van der Waals surface area contributed by atoms with Crippen molar-refractivity contribution in [3.8, 4) is 0 Å². The van der Waals surface area contributed by atoms with Crippen LogP contribution in [0.3, 0.4) is 0 Å². The van der Waals surface area contributed by atoms with Gasteiger partial charge in [0.15, 0.2) is 6.10 Å². The number of hydrogen-bond acceptors (Lipinski definition) is 5. The van der Waals surface area contributed by atoms with E-state index in [0.29, 0.717) is 31.5 Å². The summed E-state index contributed by atoms with van der Waals surface area (Å²) in [4.78, 5) is 24.3. The van der Waals surface area contributed by atoms with Gasteiger partial charge >= 0.3 is 5.97 Å². The first-order chi connectivity index (χ1) is 13.8. The van der Waals surface area contributed by atoms with Crippen molar-refractivity contribution in [2.24, 2.45) is 0 Å². The van der Waals surface area contributed by atoms with Gasteiger partial charge in [-0.05, 0) is 38.0 Å². The van der Waals surface area contributed by atoms with Gasteiger partial charge < -0.3 is 4.74 Å². The van der Waals surface area contributed by atoms with Crippen LogP contribution < -0.4 is 0 Å². The molecule has 1 atom stereocenters. The lowest BCUT2D eigenvalue weighted by atomic mass is 10.1. The van der Waals surface area contributed by atoms with E-state index in [0.717, 1.165) is 24.6 Å². The Labute approximate surface area is 169 Å². The number of ketones is 1. The Morgan fingerprint density at radius 2 is 1.66 bits per heavy atom. The number of sulfonamides is 1. The van der Waals surface area contributed by atoms with Gasteiger partial charge in [0.1, 0.15) is 10.7 Å². The predicted octanol–water partition coefficient (Wildman–Crippen LogP) is 3.43. The van der Waals surface area contributed by atoms with E-state index in [2.05, 4.69) is 0 Å². The molecule has 154 valence electrons. The number of hydrogen-bond donors (Lipinski definition) is 0. The fourth-order valence-corrected chi connectivity index (χ4v) is 4.80. The Kier molecular flexibility index (Phi) is 6.44. The maximum atomic E-state index is 14.3. The van der Waals surface area contributed by atoms with Gasteiger partial charge in [-0.1, -0.05) is 36.8 Å². The van der Waals surface area contributed by atoms with Crippen LogP contribution in [0, 0.1) is 5.82 Å². The van der Waals surface area contributed by atoms with Gasteiger partial charge in [0.2, 0.25) is 15.8 Å². The van der Waals surface area contributed by atoms with Crippen LogP contribution in [0.5, 0.6) is 0 Å². The molecule has 0 bridgehead atoms. The summed E-state index contributed by atoms with van der Waals surface area (Å²) >= 11 is 0. The zero-order valence-corrected chi connectivity index (χ0v) is 16.8. The normalized spacial score (nSPS) is 16.2. The third-order valence-corrected chi connectivity index (χ3v) is 6.72. The molecule has 0 aliphatic carbocycles. The minimum atomic E-state index is -4.05. The third-order valence-electron chi connectivity index (χ3n) is 4.81. The number of esters is 1. The second-order valence-corrected chi connectivity index (χ2v) is 8.79. The lowest BCUT2D eigenvalue weighted by Crippen LogP contribution is -2.36. The predicted molar refractivity (Wildman–Crippen MR) is 105 cm³/mol. The molecule has 1 heterocycles. The SMILES string of the molecule is CC(OC(=O)c1ccc(F)c(S(=O)(=O)N2CCCCC2)c1)C(=O)c1ccccc1. The van der Waals surface area contributed by atoms with Gasteiger partial charge in [0.25, 0.3) is 0 Å². The molecule has 0 aromatic heterocycles. The van der Waals surface area contributed by atoms with Crippen molar-refractivity contribution in [3.05, 3.63) is 65.5 Å². The first kappa shape index (κ1) is 21.1. The maximum absolute atomic E-state index is 14.3. The number of Topliss-reactive ketones (excluding diaryl/α,β-unsaturated/α-hetero) is 1. The van der Waals surface area contributed by atoms with E-state index in [1.54, 1.807) is 30.3 Å². The molecule has 1 fully saturated rings. The molecule has 0 spiro atoms. The molecule has 0 saturated carbocycles. The quantitative estimate of drug-likeness (QED) is 0.529. The largest absolute Gasteiger partial charge is 0.451 e. The molecule has 2 aromatic rings. The number of benzene rings is 2. The Morgan fingerprint density at radius 1 is 1.00 bits per heavy atom. The van der Waals surface area contributed by atoms with Crippen LogP contribution in [0.4, 0.5) is 4.39 Å². The van der Waals surface area contributed by atoms with Crippen LogP contribution in [0.25, 0.3) is 0 Å². The van der Waals surface area contributed by atoms with Gasteiger partial charge in [-0.25, -0.2) is 17.6 Å². The van der Waals surface area contributed by atoms with Gasteiger partial charge in [-0.15, -0.1) is 0 Å². The second kappa shape index (κ2) is 8.84. The lowest BCUT2D eigenvalue weighted by Gasteiger charge is -2.26. The van der Waals surface area contributed by atoms with Gasteiger partial charge in [0.05, 0.1) is 5.56 Å². The van der Waals surface area contributed by atoms with E-state index >= 15 is 0 Å². The summed E-state index contributed by atoms with van der Waals surface area (Å²) in [5.41, 5.74) is 0.259. The first-order valence-corrected chi connectivity index (χ1v) is 10.8. The highest BCUT2D eigenvalue weighted by Crippen LogP contribution is 2.24. The van der Waals surface area contributed by atoms with E-state index in [-0.39, 0.29) is 11.3 Å². The van der Waals surface area contributed by atoms with Crippen LogP contribution in [0.1, 0.15) is 46.9 Å². The molecular formula is C21H22FNO5S. The topological polar surface area (TPSA) is 80.8 Å². The number of halogens is 1. The molecule has 2 aromatic carbocycles. The molecule has 1 saturated heterocycles. The third kappa shape index (κ3) is 4.71. The summed E-state index contributed by atoms with van der Waals surface area (Å²) in [5, 5.41) is 0. The summed E-state index contributed by atoms with van der Waals surface area (Å²) in [5.74, 6) is -2.21. The molecular weight excluding hydrogens is 397 g/mol. The minimum absolute atomic E-state index is 0.130. The fraction of sp³-hybridized carbons (Fsp3) is 0.333. The molecule has 6 nitrogen and oxygen atoms in total. The summed E-state index contributed by atoms with van der Waals surface area (Å²) in [6.07, 6.45) is 1.27. The average Bonchev–Trinajstić information content (AvgIpc) is 2.74. The molecule has 0 N–H and O–H groups in total. The average molecular weight is 419 g/mol. The number of ether oxygens (including phenoxy) is 1. The summed E-state index contributed by atoms with van der Waals surface area (Å²) in [6, 6.07) is 11.4. The van der Waals surface area contributed by atoms with E-state index in [4.69, 9.17) is 4.74 Å².